The Morgan fingerprint density at radius 1 is 1.07 bits per heavy atom. The van der Waals surface area contributed by atoms with Crippen LogP contribution in [0.15, 0.2) is 60.7 Å². The van der Waals surface area contributed by atoms with Crippen LogP contribution in [-0.2, 0) is 19.3 Å². The number of para-hydroxylation sites is 1. The number of nitrogens with zero attached hydrogens (tertiary/aromatic N) is 2. The van der Waals surface area contributed by atoms with Crippen LogP contribution in [0.4, 0.5) is 0 Å². The third kappa shape index (κ3) is 3.78. The maximum atomic E-state index is 12.7. The third-order valence-electron chi connectivity index (χ3n) is 4.96. The first-order valence-corrected chi connectivity index (χ1v) is 9.39. The Bertz CT molecular complexity index is 919. The first kappa shape index (κ1) is 17.5. The number of rotatable bonds is 6. The number of hydrogen-bond acceptors (Lipinski definition) is 3. The van der Waals surface area contributed by atoms with Gasteiger partial charge >= 0.3 is 0 Å². The van der Waals surface area contributed by atoms with Crippen molar-refractivity contribution in [2.45, 2.75) is 31.8 Å². The molecule has 1 aliphatic carbocycles. The van der Waals surface area contributed by atoms with Gasteiger partial charge in [-0.25, -0.2) is 4.68 Å². The minimum atomic E-state index is -0.624. The van der Waals surface area contributed by atoms with E-state index in [0.717, 1.165) is 41.8 Å². The largest absolute Gasteiger partial charge is 0.391 e. The van der Waals surface area contributed by atoms with Gasteiger partial charge in [0.2, 0.25) is 0 Å². The Kier molecular flexibility index (Phi) is 5.03. The Morgan fingerprint density at radius 3 is 2.52 bits per heavy atom. The van der Waals surface area contributed by atoms with Crippen molar-refractivity contribution in [1.82, 2.24) is 15.1 Å². The number of nitrogens with one attached hydrogen (secondary N) is 1. The van der Waals surface area contributed by atoms with E-state index in [1.807, 2.05) is 65.3 Å². The van der Waals surface area contributed by atoms with Crippen LogP contribution in [-0.4, -0.2) is 33.4 Å². The fourth-order valence-corrected chi connectivity index (χ4v) is 3.66. The summed E-state index contributed by atoms with van der Waals surface area (Å²) in [5, 5.41) is 17.7. The quantitative estimate of drug-likeness (QED) is 0.709. The summed E-state index contributed by atoms with van der Waals surface area (Å²) in [5.41, 5.74) is 4.66. The topological polar surface area (TPSA) is 67.2 Å². The molecule has 0 bridgehead atoms. The SMILES string of the molecule is O=C(NCC(O)Cc1ccccc1)c1nn(-c2ccccc2)c2c1CCC2. The fraction of sp³-hybridized carbons (Fsp3) is 0.273. The van der Waals surface area contributed by atoms with Gasteiger partial charge in [-0.3, -0.25) is 4.79 Å². The van der Waals surface area contributed by atoms with Gasteiger partial charge in [0.15, 0.2) is 5.69 Å². The zero-order valence-electron chi connectivity index (χ0n) is 15.1. The molecule has 1 aromatic heterocycles. The number of hydrogen-bond donors (Lipinski definition) is 2. The van der Waals surface area contributed by atoms with Crippen molar-refractivity contribution < 1.29 is 9.90 Å². The molecule has 5 nitrogen and oxygen atoms in total. The Labute approximate surface area is 158 Å². The summed E-state index contributed by atoms with van der Waals surface area (Å²) in [7, 11) is 0. The maximum Gasteiger partial charge on any atom is 0.272 e. The number of aliphatic hydroxyl groups is 1. The highest BCUT2D eigenvalue weighted by Crippen LogP contribution is 2.27. The third-order valence-corrected chi connectivity index (χ3v) is 4.96. The molecule has 1 amide bonds. The molecule has 5 heteroatoms. The summed E-state index contributed by atoms with van der Waals surface area (Å²) in [5.74, 6) is -0.213. The number of fused-ring (bicyclic) bond motifs is 1. The van der Waals surface area contributed by atoms with Crippen molar-refractivity contribution in [3.63, 3.8) is 0 Å². The lowest BCUT2D eigenvalue weighted by Gasteiger charge is -2.11. The lowest BCUT2D eigenvalue weighted by molar-refractivity contribution is 0.0909. The van der Waals surface area contributed by atoms with Crippen LogP contribution < -0.4 is 5.32 Å². The standard InChI is InChI=1S/C22H23N3O2/c26-18(14-16-8-3-1-4-9-16)15-23-22(27)21-19-12-7-13-20(19)25(24-21)17-10-5-2-6-11-17/h1-6,8-11,18,26H,7,12-15H2,(H,23,27). The molecule has 0 spiro atoms. The lowest BCUT2D eigenvalue weighted by atomic mass is 10.1. The van der Waals surface area contributed by atoms with Gasteiger partial charge in [-0.2, -0.15) is 5.10 Å². The van der Waals surface area contributed by atoms with E-state index >= 15 is 0 Å². The van der Waals surface area contributed by atoms with E-state index in [2.05, 4.69) is 10.4 Å². The van der Waals surface area contributed by atoms with Gasteiger partial charge in [-0.05, 0) is 37.0 Å². The first-order valence-electron chi connectivity index (χ1n) is 9.39. The van der Waals surface area contributed by atoms with Gasteiger partial charge in [0.05, 0.1) is 11.8 Å². The van der Waals surface area contributed by atoms with E-state index in [1.54, 1.807) is 0 Å². The van der Waals surface area contributed by atoms with Crippen molar-refractivity contribution in [3.8, 4) is 5.69 Å². The Hall–Kier alpha value is -2.92. The van der Waals surface area contributed by atoms with Crippen LogP contribution in [0.25, 0.3) is 5.69 Å². The molecule has 1 heterocycles. The molecule has 27 heavy (non-hydrogen) atoms. The minimum absolute atomic E-state index is 0.209. The van der Waals surface area contributed by atoms with E-state index in [1.165, 1.54) is 0 Å². The predicted molar refractivity (Wildman–Crippen MR) is 104 cm³/mol. The Balaban J connectivity index is 1.46. The molecule has 0 saturated heterocycles. The lowest BCUT2D eigenvalue weighted by Crippen LogP contribution is -2.33. The van der Waals surface area contributed by atoms with Gasteiger partial charge in [-0.1, -0.05) is 48.5 Å². The summed E-state index contributed by atoms with van der Waals surface area (Å²) >= 11 is 0. The normalized spacial score (nSPS) is 14.0. The predicted octanol–water partition coefficient (Wildman–Crippen LogP) is 2.69. The van der Waals surface area contributed by atoms with Gasteiger partial charge in [-0.15, -0.1) is 0 Å². The second kappa shape index (κ2) is 7.76. The molecule has 3 aromatic rings. The molecule has 1 unspecified atom stereocenters. The average molecular weight is 361 g/mol. The Morgan fingerprint density at radius 2 is 1.78 bits per heavy atom. The number of amides is 1. The van der Waals surface area contributed by atoms with Crippen molar-refractivity contribution in [3.05, 3.63) is 83.2 Å². The van der Waals surface area contributed by atoms with Crippen molar-refractivity contribution >= 4 is 5.91 Å². The average Bonchev–Trinajstić information content (AvgIpc) is 3.30. The zero-order chi connectivity index (χ0) is 18.6. The van der Waals surface area contributed by atoms with Crippen molar-refractivity contribution in [1.29, 1.82) is 0 Å². The van der Waals surface area contributed by atoms with Crippen molar-refractivity contribution in [2.24, 2.45) is 0 Å². The number of carbonyl (C=O) groups excluding carboxylic acids is 1. The van der Waals surface area contributed by atoms with Crippen molar-refractivity contribution in [2.75, 3.05) is 6.54 Å². The van der Waals surface area contributed by atoms with Crippen LogP contribution >= 0.6 is 0 Å². The highest BCUT2D eigenvalue weighted by atomic mass is 16.3. The first-order chi connectivity index (χ1) is 13.2. The highest BCUT2D eigenvalue weighted by molar-refractivity contribution is 5.94. The molecule has 0 radical (unpaired) electrons. The van der Waals surface area contributed by atoms with E-state index < -0.39 is 6.10 Å². The monoisotopic (exact) mass is 361 g/mol. The number of aliphatic hydroxyl groups excluding tert-OH is 1. The number of aromatic nitrogens is 2. The van der Waals surface area contributed by atoms with Crippen LogP contribution in [0, 0.1) is 0 Å². The second-order valence-electron chi connectivity index (χ2n) is 6.93. The van der Waals surface area contributed by atoms with E-state index in [9.17, 15) is 9.90 Å². The van der Waals surface area contributed by atoms with Gasteiger partial charge in [0.1, 0.15) is 0 Å². The molecule has 138 valence electrons. The molecule has 0 aliphatic heterocycles. The maximum absolute atomic E-state index is 12.7. The zero-order valence-corrected chi connectivity index (χ0v) is 15.1. The van der Waals surface area contributed by atoms with Gasteiger partial charge in [0.25, 0.3) is 5.91 Å². The summed E-state index contributed by atoms with van der Waals surface area (Å²) in [6, 6.07) is 19.7. The molecule has 4 rings (SSSR count). The fourth-order valence-electron chi connectivity index (χ4n) is 3.66. The summed E-state index contributed by atoms with van der Waals surface area (Å²) in [6.45, 7) is 0.209. The summed E-state index contributed by atoms with van der Waals surface area (Å²) in [4.78, 5) is 12.7. The minimum Gasteiger partial charge on any atom is -0.391 e. The molecule has 0 saturated carbocycles. The van der Waals surface area contributed by atoms with E-state index in [0.29, 0.717) is 12.1 Å². The molecular weight excluding hydrogens is 338 g/mol. The molecule has 1 aliphatic rings. The molecular formula is C22H23N3O2. The molecule has 0 fully saturated rings. The molecule has 1 atom stereocenters. The number of benzene rings is 2. The van der Waals surface area contributed by atoms with E-state index in [-0.39, 0.29) is 12.5 Å². The second-order valence-corrected chi connectivity index (χ2v) is 6.93. The van der Waals surface area contributed by atoms with Crippen LogP contribution in [0.1, 0.15) is 33.7 Å². The molecule has 2 aromatic carbocycles. The van der Waals surface area contributed by atoms with Crippen LogP contribution in [0.2, 0.25) is 0 Å². The van der Waals surface area contributed by atoms with Gasteiger partial charge < -0.3 is 10.4 Å². The summed E-state index contributed by atoms with van der Waals surface area (Å²) in [6.07, 6.45) is 2.73. The highest BCUT2D eigenvalue weighted by Gasteiger charge is 2.27. The number of carbonyl (C=O) groups is 1. The smallest absolute Gasteiger partial charge is 0.272 e. The van der Waals surface area contributed by atoms with E-state index in [4.69, 9.17) is 0 Å². The van der Waals surface area contributed by atoms with Crippen LogP contribution in [0.5, 0.6) is 0 Å². The van der Waals surface area contributed by atoms with Gasteiger partial charge in [0, 0.05) is 24.2 Å². The van der Waals surface area contributed by atoms with Crippen LogP contribution in [0.3, 0.4) is 0 Å². The summed E-state index contributed by atoms with van der Waals surface area (Å²) < 4.78 is 1.89. The molecule has 2 N–H and O–H groups in total.